The molecule has 1 aromatic carbocycles. The molecule has 0 amide bonds. The molecular weight excluding hydrogens is 387 g/mol. The fraction of sp³-hybridized carbons (Fsp3) is 0.353. The Morgan fingerprint density at radius 3 is 2.66 bits per heavy atom. The average Bonchev–Trinajstić information content (AvgIpc) is 3.22. The summed E-state index contributed by atoms with van der Waals surface area (Å²) in [6.45, 7) is -0.575. The fourth-order valence-corrected chi connectivity index (χ4v) is 3.16. The number of hydrogen-bond acceptors (Lipinski definition) is 9. The maximum absolute atomic E-state index is 14.3. The third-order valence-corrected chi connectivity index (χ3v) is 4.68. The molecule has 6 N–H and O–H groups in total. The monoisotopic (exact) mass is 406 g/mol. The van der Waals surface area contributed by atoms with E-state index in [9.17, 15) is 19.4 Å². The molecule has 29 heavy (non-hydrogen) atoms. The Morgan fingerprint density at radius 2 is 2.00 bits per heavy atom. The zero-order chi connectivity index (χ0) is 20.7. The quantitative estimate of drug-likeness (QED) is 0.391. The molecule has 0 bridgehead atoms. The minimum atomic E-state index is -1.86. The van der Waals surface area contributed by atoms with E-state index < -0.39 is 36.8 Å². The van der Waals surface area contributed by atoms with Crippen molar-refractivity contribution in [2.75, 3.05) is 18.2 Å². The Hall–Kier alpha value is -3.22. The van der Waals surface area contributed by atoms with Crippen molar-refractivity contribution in [1.29, 1.82) is 0 Å². The van der Waals surface area contributed by atoms with Crippen molar-refractivity contribution < 1.29 is 24.1 Å². The summed E-state index contributed by atoms with van der Waals surface area (Å²) < 4.78 is 27.2. The van der Waals surface area contributed by atoms with Crippen molar-refractivity contribution in [2.24, 2.45) is 0 Å². The van der Waals surface area contributed by atoms with Gasteiger partial charge < -0.3 is 31.3 Å². The number of nitrogen functional groups attached to an aromatic ring is 2. The largest absolute Gasteiger partial charge is 0.460 e. The highest BCUT2D eigenvalue weighted by Crippen LogP contribution is 2.36. The number of imidazole rings is 1. The van der Waals surface area contributed by atoms with E-state index in [1.807, 2.05) is 30.3 Å². The van der Waals surface area contributed by atoms with E-state index in [1.165, 1.54) is 0 Å². The summed E-state index contributed by atoms with van der Waals surface area (Å²) in [7, 11) is 0. The Kier molecular flexibility index (Phi) is 4.82. The molecule has 11 nitrogen and oxygen atoms in total. The van der Waals surface area contributed by atoms with Crippen LogP contribution in [0.15, 0.2) is 35.1 Å². The molecule has 2 aromatic heterocycles. The zero-order valence-corrected chi connectivity index (χ0v) is 15.1. The SMILES string of the molecule is Nc1nc2c(nc(OCc3ccccc3)n2[C@@H]2O[C@H](CO)[C@H](F)[C@H]2O)c(=O)n1N. The molecule has 0 aliphatic carbocycles. The van der Waals surface area contributed by atoms with E-state index in [0.29, 0.717) is 4.68 Å². The first kappa shape index (κ1) is 19.1. The van der Waals surface area contributed by atoms with Crippen LogP contribution >= 0.6 is 0 Å². The van der Waals surface area contributed by atoms with Gasteiger partial charge in [0.05, 0.1) is 6.61 Å². The lowest BCUT2D eigenvalue weighted by Crippen LogP contribution is -2.32. The van der Waals surface area contributed by atoms with E-state index in [-0.39, 0.29) is 29.7 Å². The number of aliphatic hydroxyl groups excluding tert-OH is 2. The standard InChI is InChI=1S/C17H19FN6O5/c18-10-9(6-25)29-15(12(10)26)23-13-11(14(27)24(20)16(19)22-13)21-17(23)28-7-8-4-2-1-3-5-8/h1-5,9-10,12,15,25-26H,6-7,20H2,(H2,19,22)/t9-,10+,12-,15-/m1/s1. The van der Waals surface area contributed by atoms with Crippen LogP contribution in [0.2, 0.25) is 0 Å². The summed E-state index contributed by atoms with van der Waals surface area (Å²) in [5.74, 6) is 5.25. The highest BCUT2D eigenvalue weighted by atomic mass is 19.1. The number of fused-ring (bicyclic) bond motifs is 1. The number of hydrogen-bond donors (Lipinski definition) is 4. The molecule has 1 aliphatic heterocycles. The van der Waals surface area contributed by atoms with E-state index in [2.05, 4.69) is 9.97 Å². The lowest BCUT2D eigenvalue weighted by molar-refractivity contribution is -0.0532. The second kappa shape index (κ2) is 7.31. The maximum atomic E-state index is 14.3. The molecule has 4 atom stereocenters. The van der Waals surface area contributed by atoms with Crippen molar-refractivity contribution in [2.45, 2.75) is 31.2 Å². The number of benzene rings is 1. The number of halogens is 1. The van der Waals surface area contributed by atoms with E-state index in [0.717, 1.165) is 10.1 Å². The molecule has 0 saturated carbocycles. The van der Waals surface area contributed by atoms with E-state index in [1.54, 1.807) is 0 Å². The van der Waals surface area contributed by atoms with Gasteiger partial charge in [0, 0.05) is 0 Å². The molecule has 1 saturated heterocycles. The summed E-state index contributed by atoms with van der Waals surface area (Å²) in [6.07, 6.45) is -6.14. The number of anilines is 1. The topological polar surface area (TPSA) is 164 Å². The first-order valence-corrected chi connectivity index (χ1v) is 8.73. The van der Waals surface area contributed by atoms with Gasteiger partial charge in [-0.2, -0.15) is 14.6 Å². The van der Waals surface area contributed by atoms with Crippen molar-refractivity contribution in [3.05, 3.63) is 46.2 Å². The number of alkyl halides is 1. The highest BCUT2D eigenvalue weighted by molar-refractivity contribution is 5.73. The predicted octanol–water partition coefficient (Wildman–Crippen LogP) is -0.943. The molecule has 154 valence electrons. The highest BCUT2D eigenvalue weighted by Gasteiger charge is 2.46. The summed E-state index contributed by atoms with van der Waals surface area (Å²) in [5.41, 5.74) is 5.44. The summed E-state index contributed by atoms with van der Waals surface area (Å²) in [5, 5.41) is 19.6. The third-order valence-electron chi connectivity index (χ3n) is 4.68. The zero-order valence-electron chi connectivity index (χ0n) is 15.1. The van der Waals surface area contributed by atoms with Gasteiger partial charge in [0.15, 0.2) is 23.6 Å². The Morgan fingerprint density at radius 1 is 1.28 bits per heavy atom. The van der Waals surface area contributed by atoms with Crippen LogP contribution in [0.1, 0.15) is 11.8 Å². The summed E-state index contributed by atoms with van der Waals surface area (Å²) in [4.78, 5) is 20.6. The van der Waals surface area contributed by atoms with Crippen molar-refractivity contribution >= 4 is 17.1 Å². The molecule has 1 aliphatic rings. The van der Waals surface area contributed by atoms with Gasteiger partial charge in [0.2, 0.25) is 5.95 Å². The molecular formula is C17H19FN6O5. The first-order chi connectivity index (χ1) is 13.9. The number of aromatic nitrogens is 4. The lowest BCUT2D eigenvalue weighted by Gasteiger charge is -2.19. The minimum absolute atomic E-state index is 0.0712. The molecule has 1 fully saturated rings. The predicted molar refractivity (Wildman–Crippen MR) is 99.0 cm³/mol. The van der Waals surface area contributed by atoms with Crippen LogP contribution in [-0.2, 0) is 11.3 Å². The molecule has 3 aromatic rings. The minimum Gasteiger partial charge on any atom is -0.460 e. The first-order valence-electron chi connectivity index (χ1n) is 8.73. The second-order valence-electron chi connectivity index (χ2n) is 6.54. The molecule has 0 unspecified atom stereocenters. The second-order valence-corrected chi connectivity index (χ2v) is 6.54. The maximum Gasteiger partial charge on any atom is 0.301 e. The normalized spacial score (nSPS) is 24.2. The van der Waals surface area contributed by atoms with Crippen LogP contribution < -0.4 is 21.9 Å². The average molecular weight is 406 g/mol. The van der Waals surface area contributed by atoms with Crippen LogP contribution in [0.5, 0.6) is 6.01 Å². The van der Waals surface area contributed by atoms with Crippen LogP contribution in [-0.4, -0.2) is 54.4 Å². The van der Waals surface area contributed by atoms with Crippen LogP contribution in [0.4, 0.5) is 10.3 Å². The molecule has 4 rings (SSSR count). The van der Waals surface area contributed by atoms with Gasteiger partial charge in [0.1, 0.15) is 18.8 Å². The number of aliphatic hydroxyl groups is 2. The molecule has 3 heterocycles. The van der Waals surface area contributed by atoms with E-state index >= 15 is 0 Å². The smallest absolute Gasteiger partial charge is 0.301 e. The van der Waals surface area contributed by atoms with Crippen molar-refractivity contribution in [3.8, 4) is 6.01 Å². The van der Waals surface area contributed by atoms with Gasteiger partial charge in [-0.3, -0.25) is 4.79 Å². The fourth-order valence-electron chi connectivity index (χ4n) is 3.16. The lowest BCUT2D eigenvalue weighted by atomic mass is 10.1. The van der Waals surface area contributed by atoms with Gasteiger partial charge in [-0.1, -0.05) is 30.3 Å². The van der Waals surface area contributed by atoms with Gasteiger partial charge >= 0.3 is 11.6 Å². The number of rotatable bonds is 5. The van der Waals surface area contributed by atoms with Gasteiger partial charge in [-0.05, 0) is 5.56 Å². The van der Waals surface area contributed by atoms with Crippen LogP contribution in [0.25, 0.3) is 11.2 Å². The Labute approximate surface area is 162 Å². The number of ether oxygens (including phenoxy) is 2. The molecule has 0 spiro atoms. The molecule has 0 radical (unpaired) electrons. The number of nitrogens with two attached hydrogens (primary N) is 2. The van der Waals surface area contributed by atoms with Crippen LogP contribution in [0.3, 0.4) is 0 Å². The number of nitrogens with zero attached hydrogens (tertiary/aromatic N) is 4. The Balaban J connectivity index is 1.82. The van der Waals surface area contributed by atoms with Gasteiger partial charge in [-0.25, -0.2) is 8.96 Å². The van der Waals surface area contributed by atoms with Crippen LogP contribution in [0, 0.1) is 0 Å². The van der Waals surface area contributed by atoms with Crippen molar-refractivity contribution in [3.63, 3.8) is 0 Å². The summed E-state index contributed by atoms with van der Waals surface area (Å²) in [6, 6.07) is 8.97. The Bertz CT molecular complexity index is 1090. The van der Waals surface area contributed by atoms with E-state index in [4.69, 9.17) is 21.1 Å². The summed E-state index contributed by atoms with van der Waals surface area (Å²) >= 11 is 0. The molecule has 12 heteroatoms. The van der Waals surface area contributed by atoms with Gasteiger partial charge in [0.25, 0.3) is 0 Å². The third kappa shape index (κ3) is 3.16. The van der Waals surface area contributed by atoms with Gasteiger partial charge in [-0.15, -0.1) is 0 Å². The van der Waals surface area contributed by atoms with Crippen molar-refractivity contribution in [1.82, 2.24) is 19.2 Å².